The van der Waals surface area contributed by atoms with Gasteiger partial charge in [0.2, 0.25) is 0 Å². The SMILES string of the molecule is C#Cc1ccc2c(c1)Nc1ncnc3cc(OCCCNCCS(C)(=O)=O)c(cc13)OCCCCCN(C)C2. The van der Waals surface area contributed by atoms with Crippen LogP contribution in [-0.4, -0.2) is 75.2 Å². The maximum Gasteiger partial charge on any atom is 0.163 e. The lowest BCUT2D eigenvalue weighted by Crippen LogP contribution is -2.24. The van der Waals surface area contributed by atoms with Gasteiger partial charge in [0.25, 0.3) is 0 Å². The predicted octanol–water partition coefficient (Wildman–Crippen LogP) is 3.75. The Hall–Kier alpha value is -3.39. The highest BCUT2D eigenvalue weighted by atomic mass is 32.2. The Morgan fingerprint density at radius 2 is 2.05 bits per heavy atom. The van der Waals surface area contributed by atoms with Crippen LogP contribution < -0.4 is 20.1 Å². The summed E-state index contributed by atoms with van der Waals surface area (Å²) in [6.07, 6.45) is 12.3. The lowest BCUT2D eigenvalue weighted by molar-refractivity contribution is 0.257. The van der Waals surface area contributed by atoms with Gasteiger partial charge in [0.1, 0.15) is 22.0 Å². The van der Waals surface area contributed by atoms with Gasteiger partial charge in [-0.25, -0.2) is 18.4 Å². The highest BCUT2D eigenvalue weighted by Crippen LogP contribution is 2.36. The molecule has 0 saturated heterocycles. The van der Waals surface area contributed by atoms with Crippen LogP contribution in [0, 0.1) is 12.3 Å². The Bertz CT molecular complexity index is 1420. The molecule has 3 aromatic rings. The Morgan fingerprint density at radius 3 is 2.87 bits per heavy atom. The first-order chi connectivity index (χ1) is 18.8. The Balaban J connectivity index is 1.57. The third kappa shape index (κ3) is 8.55. The van der Waals surface area contributed by atoms with Crippen molar-refractivity contribution in [1.29, 1.82) is 0 Å². The normalized spacial score (nSPS) is 14.9. The highest BCUT2D eigenvalue weighted by Gasteiger charge is 2.15. The minimum Gasteiger partial charge on any atom is -0.490 e. The molecule has 1 aliphatic heterocycles. The molecular weight excluding hydrogens is 514 g/mol. The minimum absolute atomic E-state index is 0.122. The lowest BCUT2D eigenvalue weighted by atomic mass is 10.1. The zero-order chi connectivity index (χ0) is 27.7. The second kappa shape index (κ2) is 13.6. The maximum atomic E-state index is 11.3. The first-order valence-electron chi connectivity index (χ1n) is 13.3. The minimum atomic E-state index is -2.97. The van der Waals surface area contributed by atoms with E-state index in [-0.39, 0.29) is 5.75 Å². The zero-order valence-electron chi connectivity index (χ0n) is 22.7. The van der Waals surface area contributed by atoms with Gasteiger partial charge in [0, 0.05) is 42.0 Å². The molecule has 2 heterocycles. The number of anilines is 2. The van der Waals surface area contributed by atoms with Crippen LogP contribution >= 0.6 is 0 Å². The standard InChI is InChI=1S/C29H37N5O4S/c1-4-22-9-10-23-20-34(2)13-6-5-7-14-37-27-18-24-26(31-21-32-29(24)33-25(23)17-22)19-28(27)38-15-8-11-30-12-16-39(3,35)36/h1,9-10,17-19,21,30H,5-8,11-16,20H2,2-3H3,(H,31,32,33). The molecule has 0 aliphatic carbocycles. The van der Waals surface area contributed by atoms with Gasteiger partial charge in [0.05, 0.1) is 24.5 Å². The summed E-state index contributed by atoms with van der Waals surface area (Å²) in [7, 11) is -0.839. The maximum absolute atomic E-state index is 11.3. The van der Waals surface area contributed by atoms with Crippen LogP contribution in [0.2, 0.25) is 0 Å². The largest absolute Gasteiger partial charge is 0.490 e. The number of hydrogen-bond donors (Lipinski definition) is 2. The molecule has 0 radical (unpaired) electrons. The molecule has 4 rings (SSSR count). The summed E-state index contributed by atoms with van der Waals surface area (Å²) in [5, 5.41) is 7.47. The van der Waals surface area contributed by atoms with Crippen LogP contribution in [0.1, 0.15) is 36.8 Å². The van der Waals surface area contributed by atoms with E-state index >= 15 is 0 Å². The van der Waals surface area contributed by atoms with E-state index in [0.717, 1.165) is 66.5 Å². The third-order valence-corrected chi connectivity index (χ3v) is 7.46. The summed E-state index contributed by atoms with van der Waals surface area (Å²) in [5.74, 6) is 4.79. The van der Waals surface area contributed by atoms with Crippen molar-refractivity contribution in [2.24, 2.45) is 0 Å². The van der Waals surface area contributed by atoms with Crippen LogP contribution in [0.5, 0.6) is 11.5 Å². The number of benzene rings is 2. The number of rotatable bonds is 8. The molecule has 0 amide bonds. The number of fused-ring (bicyclic) bond motifs is 2. The number of hydrogen-bond acceptors (Lipinski definition) is 9. The van der Waals surface area contributed by atoms with Gasteiger partial charge in [-0.2, -0.15) is 0 Å². The van der Waals surface area contributed by atoms with Gasteiger partial charge in [0.15, 0.2) is 11.5 Å². The van der Waals surface area contributed by atoms with E-state index in [4.69, 9.17) is 15.9 Å². The summed E-state index contributed by atoms with van der Waals surface area (Å²) >= 11 is 0. The molecule has 1 aromatic heterocycles. The van der Waals surface area contributed by atoms with E-state index < -0.39 is 9.84 Å². The quantitative estimate of drug-likeness (QED) is 0.320. The number of nitrogens with one attached hydrogen (secondary N) is 2. The monoisotopic (exact) mass is 551 g/mol. The smallest absolute Gasteiger partial charge is 0.163 e. The molecule has 2 aromatic carbocycles. The van der Waals surface area contributed by atoms with Crippen molar-refractivity contribution in [1.82, 2.24) is 20.2 Å². The van der Waals surface area contributed by atoms with Crippen molar-refractivity contribution in [3.63, 3.8) is 0 Å². The van der Waals surface area contributed by atoms with Crippen molar-refractivity contribution >= 4 is 32.2 Å². The van der Waals surface area contributed by atoms with Crippen LogP contribution in [0.4, 0.5) is 11.5 Å². The molecule has 0 unspecified atom stereocenters. The molecule has 39 heavy (non-hydrogen) atoms. The predicted molar refractivity (Wildman–Crippen MR) is 156 cm³/mol. The van der Waals surface area contributed by atoms with Crippen LogP contribution in [0.3, 0.4) is 0 Å². The van der Waals surface area contributed by atoms with Gasteiger partial charge in [-0.15, -0.1) is 6.42 Å². The first-order valence-corrected chi connectivity index (χ1v) is 15.4. The van der Waals surface area contributed by atoms with E-state index in [2.05, 4.69) is 44.5 Å². The fourth-order valence-electron chi connectivity index (χ4n) is 4.41. The fourth-order valence-corrected chi connectivity index (χ4v) is 4.93. The summed E-state index contributed by atoms with van der Waals surface area (Å²) in [4.78, 5) is 11.4. The molecule has 0 saturated carbocycles. The molecule has 9 nitrogen and oxygen atoms in total. The molecule has 2 bridgehead atoms. The number of nitrogens with zero attached hydrogens (tertiary/aromatic N) is 3. The molecule has 2 N–H and O–H groups in total. The molecule has 1 aliphatic rings. The van der Waals surface area contributed by atoms with Gasteiger partial charge < -0.3 is 25.0 Å². The van der Waals surface area contributed by atoms with Gasteiger partial charge in [-0.3, -0.25) is 0 Å². The first kappa shape index (κ1) is 28.6. The third-order valence-electron chi connectivity index (χ3n) is 6.52. The topological polar surface area (TPSA) is 106 Å². The van der Waals surface area contributed by atoms with Crippen molar-refractivity contribution in [2.45, 2.75) is 32.2 Å². The zero-order valence-corrected chi connectivity index (χ0v) is 23.5. The summed E-state index contributed by atoms with van der Waals surface area (Å²) < 4.78 is 34.9. The summed E-state index contributed by atoms with van der Waals surface area (Å²) in [5.41, 5.74) is 3.58. The van der Waals surface area contributed by atoms with E-state index in [1.54, 1.807) is 0 Å². The average molecular weight is 552 g/mol. The lowest BCUT2D eigenvalue weighted by Gasteiger charge is -2.20. The number of sulfone groups is 1. The Kier molecular flexibility index (Phi) is 9.98. The molecule has 208 valence electrons. The van der Waals surface area contributed by atoms with Crippen molar-refractivity contribution < 1.29 is 17.9 Å². The summed E-state index contributed by atoms with van der Waals surface area (Å²) in [6.45, 7) is 3.90. The second-order valence-electron chi connectivity index (χ2n) is 9.91. The number of terminal acetylenes is 1. The molecule has 0 spiro atoms. The van der Waals surface area contributed by atoms with Crippen molar-refractivity contribution in [3.05, 3.63) is 47.8 Å². The van der Waals surface area contributed by atoms with E-state index in [1.165, 1.54) is 12.6 Å². The van der Waals surface area contributed by atoms with Crippen LogP contribution in [0.25, 0.3) is 10.9 Å². The fraction of sp³-hybridized carbons (Fsp3) is 0.448. The van der Waals surface area contributed by atoms with Gasteiger partial charge in [-0.05, 0) is 69.6 Å². The van der Waals surface area contributed by atoms with Gasteiger partial charge >= 0.3 is 0 Å². The number of aromatic nitrogens is 2. The Labute approximate surface area is 231 Å². The summed E-state index contributed by atoms with van der Waals surface area (Å²) in [6, 6.07) is 9.85. The number of ether oxygens (including phenoxy) is 2. The van der Waals surface area contributed by atoms with Crippen molar-refractivity contribution in [3.8, 4) is 23.8 Å². The van der Waals surface area contributed by atoms with E-state index in [1.807, 2.05) is 24.3 Å². The second-order valence-corrected chi connectivity index (χ2v) is 12.2. The molecule has 0 atom stereocenters. The van der Waals surface area contributed by atoms with Crippen LogP contribution in [0.15, 0.2) is 36.7 Å². The molecule has 0 fully saturated rings. The molecule has 10 heteroatoms. The highest BCUT2D eigenvalue weighted by molar-refractivity contribution is 7.90. The van der Waals surface area contributed by atoms with Crippen LogP contribution in [-0.2, 0) is 16.4 Å². The average Bonchev–Trinajstić information content (AvgIpc) is 2.90. The van der Waals surface area contributed by atoms with Crippen molar-refractivity contribution in [2.75, 3.05) is 57.2 Å². The Morgan fingerprint density at radius 1 is 1.18 bits per heavy atom. The molecular formula is C29H37N5O4S. The van der Waals surface area contributed by atoms with E-state index in [9.17, 15) is 8.42 Å². The van der Waals surface area contributed by atoms with E-state index in [0.29, 0.717) is 43.6 Å². The van der Waals surface area contributed by atoms with Gasteiger partial charge in [-0.1, -0.05) is 12.0 Å².